The van der Waals surface area contributed by atoms with Gasteiger partial charge in [0.1, 0.15) is 0 Å². The third-order valence-electron chi connectivity index (χ3n) is 1.81. The molecule has 0 spiro atoms. The van der Waals surface area contributed by atoms with Crippen molar-refractivity contribution in [3.63, 3.8) is 0 Å². The van der Waals surface area contributed by atoms with Crippen LogP contribution in [0, 0.1) is 0 Å². The van der Waals surface area contributed by atoms with Crippen molar-refractivity contribution in [1.82, 2.24) is 0 Å². The topological polar surface area (TPSA) is 9.23 Å². The minimum atomic E-state index is -0.944. The van der Waals surface area contributed by atoms with Crippen LogP contribution in [0.4, 0.5) is 0 Å². The molecule has 0 aromatic heterocycles. The zero-order valence-electron chi connectivity index (χ0n) is 8.99. The van der Waals surface area contributed by atoms with Crippen LogP contribution in [-0.2, 0) is 4.43 Å². The second-order valence-electron chi connectivity index (χ2n) is 5.35. The van der Waals surface area contributed by atoms with Crippen molar-refractivity contribution in [2.75, 3.05) is 7.11 Å². The first-order valence-electron chi connectivity index (χ1n) is 4.22. The Labute approximate surface area is 74.5 Å². The molecule has 0 aromatic carbocycles. The van der Waals surface area contributed by atoms with Crippen LogP contribution in [0.5, 0.6) is 0 Å². The van der Waals surface area contributed by atoms with Gasteiger partial charge >= 0.3 is 0 Å². The van der Waals surface area contributed by atoms with Crippen LogP contribution < -0.4 is 0 Å². The van der Waals surface area contributed by atoms with Crippen LogP contribution in [0.1, 0.15) is 0 Å². The zero-order valence-corrected chi connectivity index (χ0v) is 12.1. The van der Waals surface area contributed by atoms with Crippen molar-refractivity contribution in [1.29, 1.82) is 0 Å². The fraction of sp³-hybridized carbons (Fsp3) is 1.00. The predicted octanol–water partition coefficient (Wildman–Crippen LogP) is 2.19. The Kier molecular flexibility index (Phi) is 3.75. The molecular weight excluding hydrogens is 184 g/mol. The van der Waals surface area contributed by atoms with Gasteiger partial charge in [-0.05, 0) is 0 Å². The van der Waals surface area contributed by atoms with Crippen LogP contribution in [0.3, 0.4) is 0 Å². The molecule has 0 atom stereocenters. The van der Waals surface area contributed by atoms with E-state index in [2.05, 4.69) is 39.3 Å². The Hall–Kier alpha value is 0.611. The SMILES string of the molecule is CO[SiH]([Si](C)(C)C)[Si](C)(C)C. The molecule has 0 saturated heterocycles. The summed E-state index contributed by atoms with van der Waals surface area (Å²) in [5.74, 6) is 0. The maximum absolute atomic E-state index is 5.74. The summed E-state index contributed by atoms with van der Waals surface area (Å²) in [6.07, 6.45) is 0. The number of rotatable bonds is 3. The first-order chi connectivity index (χ1) is 4.69. The molecule has 1 nitrogen and oxygen atoms in total. The summed E-state index contributed by atoms with van der Waals surface area (Å²) < 4.78 is 5.74. The highest BCUT2D eigenvalue weighted by Gasteiger charge is 2.39. The summed E-state index contributed by atoms with van der Waals surface area (Å²) in [5.41, 5.74) is 0. The van der Waals surface area contributed by atoms with E-state index < -0.39 is 23.3 Å². The van der Waals surface area contributed by atoms with Gasteiger partial charge in [0.2, 0.25) is 0 Å². The lowest BCUT2D eigenvalue weighted by atomic mass is 11.8. The van der Waals surface area contributed by atoms with Crippen LogP contribution >= 0.6 is 0 Å². The predicted molar refractivity (Wildman–Crippen MR) is 60.9 cm³/mol. The fourth-order valence-electron chi connectivity index (χ4n) is 2.01. The lowest BCUT2D eigenvalue weighted by Gasteiger charge is -2.34. The summed E-state index contributed by atoms with van der Waals surface area (Å²) in [6, 6.07) is 0. The number of hydrogen-bond donors (Lipinski definition) is 0. The summed E-state index contributed by atoms with van der Waals surface area (Å²) in [5, 5.41) is 0. The molecule has 0 aromatic rings. The van der Waals surface area contributed by atoms with Crippen LogP contribution in [0.25, 0.3) is 0 Å². The van der Waals surface area contributed by atoms with E-state index in [0.717, 1.165) is 0 Å². The van der Waals surface area contributed by atoms with Crippen molar-refractivity contribution >= 4 is 23.3 Å². The van der Waals surface area contributed by atoms with E-state index in [1.165, 1.54) is 0 Å². The summed E-state index contributed by atoms with van der Waals surface area (Å²) in [6.45, 7) is 14.7. The standard InChI is InChI=1S/C7H22OSi3/c1-8-9(10(2,3)4)11(5,6)7/h9H,1-7H3. The molecule has 11 heavy (non-hydrogen) atoms. The molecule has 0 radical (unpaired) electrons. The first kappa shape index (κ1) is 11.6. The van der Waals surface area contributed by atoms with Gasteiger partial charge in [-0.3, -0.25) is 0 Å². The molecule has 0 aliphatic carbocycles. The zero-order chi connectivity index (χ0) is 9.28. The van der Waals surface area contributed by atoms with Crippen LogP contribution in [0.2, 0.25) is 39.3 Å². The molecule has 0 rings (SSSR count). The van der Waals surface area contributed by atoms with Gasteiger partial charge < -0.3 is 4.43 Å². The van der Waals surface area contributed by atoms with E-state index in [1.807, 2.05) is 7.11 Å². The van der Waals surface area contributed by atoms with Gasteiger partial charge in [-0.15, -0.1) is 0 Å². The van der Waals surface area contributed by atoms with Crippen molar-refractivity contribution in [2.45, 2.75) is 39.3 Å². The molecule has 0 aliphatic rings. The molecule has 0 bridgehead atoms. The first-order valence-corrected chi connectivity index (χ1v) is 15.3. The fourth-order valence-corrected chi connectivity index (χ4v) is 41.4. The Morgan fingerprint density at radius 1 is 0.818 bits per heavy atom. The van der Waals surface area contributed by atoms with Gasteiger partial charge in [-0.25, -0.2) is 0 Å². The molecule has 0 amide bonds. The van der Waals surface area contributed by atoms with Crippen molar-refractivity contribution < 1.29 is 4.43 Å². The lowest BCUT2D eigenvalue weighted by molar-refractivity contribution is 0.444. The molecular formula is C7H22OSi3. The van der Waals surface area contributed by atoms with E-state index in [0.29, 0.717) is 0 Å². The van der Waals surface area contributed by atoms with Crippen LogP contribution in [-0.4, -0.2) is 30.4 Å². The van der Waals surface area contributed by atoms with E-state index >= 15 is 0 Å². The van der Waals surface area contributed by atoms with Crippen molar-refractivity contribution in [3.8, 4) is 0 Å². The van der Waals surface area contributed by atoms with E-state index in [9.17, 15) is 0 Å². The van der Waals surface area contributed by atoms with Gasteiger partial charge in [0.15, 0.2) is 8.08 Å². The second-order valence-corrected chi connectivity index (χ2v) is 31.3. The monoisotopic (exact) mass is 206 g/mol. The third-order valence-corrected chi connectivity index (χ3v) is 31.9. The van der Waals surface area contributed by atoms with Gasteiger partial charge in [0.25, 0.3) is 0 Å². The van der Waals surface area contributed by atoms with E-state index in [1.54, 1.807) is 0 Å². The van der Waals surface area contributed by atoms with Crippen molar-refractivity contribution in [2.24, 2.45) is 0 Å². The highest BCUT2D eigenvalue weighted by Crippen LogP contribution is 2.17. The minimum Gasteiger partial charge on any atom is -0.430 e. The van der Waals surface area contributed by atoms with Crippen LogP contribution in [0.15, 0.2) is 0 Å². The van der Waals surface area contributed by atoms with Gasteiger partial charge in [-0.2, -0.15) is 0 Å². The molecule has 0 N–H and O–H groups in total. The van der Waals surface area contributed by atoms with Crippen molar-refractivity contribution in [3.05, 3.63) is 0 Å². The van der Waals surface area contributed by atoms with Gasteiger partial charge in [-0.1, -0.05) is 39.3 Å². The Bertz CT molecular complexity index is 109. The largest absolute Gasteiger partial charge is 0.430 e. The maximum Gasteiger partial charge on any atom is 0.153 e. The average molecular weight is 207 g/mol. The molecule has 0 unspecified atom stereocenters. The molecule has 68 valence electrons. The molecule has 0 aliphatic heterocycles. The Morgan fingerprint density at radius 2 is 1.09 bits per heavy atom. The lowest BCUT2D eigenvalue weighted by Crippen LogP contribution is -2.59. The molecule has 0 heterocycles. The van der Waals surface area contributed by atoms with E-state index in [-0.39, 0.29) is 0 Å². The minimum absolute atomic E-state index is 0.812. The molecule has 0 fully saturated rings. The molecule has 4 heteroatoms. The maximum atomic E-state index is 5.74. The van der Waals surface area contributed by atoms with Gasteiger partial charge in [0.05, 0.1) is 15.2 Å². The van der Waals surface area contributed by atoms with E-state index in [4.69, 9.17) is 4.43 Å². The number of hydrogen-bond acceptors (Lipinski definition) is 1. The summed E-state index contributed by atoms with van der Waals surface area (Å²) >= 11 is 0. The molecule has 0 saturated carbocycles. The average Bonchev–Trinajstić information content (AvgIpc) is 1.56. The van der Waals surface area contributed by atoms with Gasteiger partial charge in [0, 0.05) is 7.11 Å². The highest BCUT2D eigenvalue weighted by atomic mass is 29.6. The summed E-state index contributed by atoms with van der Waals surface area (Å²) in [4.78, 5) is 0. The quantitative estimate of drug-likeness (QED) is 0.643. The Balaban J connectivity index is 4.43. The summed E-state index contributed by atoms with van der Waals surface area (Å²) in [7, 11) is -0.775. The Morgan fingerprint density at radius 3 is 1.09 bits per heavy atom. The highest BCUT2D eigenvalue weighted by molar-refractivity contribution is 7.58. The smallest absolute Gasteiger partial charge is 0.153 e. The normalized spacial score (nSPS) is 14.2. The second kappa shape index (κ2) is 3.55. The third kappa shape index (κ3) is 3.69.